The summed E-state index contributed by atoms with van der Waals surface area (Å²) in [6.07, 6.45) is 1.34. The molecular formula is C21H28F4O3. The van der Waals surface area contributed by atoms with E-state index in [-0.39, 0.29) is 17.6 Å². The second-order valence-electron chi connectivity index (χ2n) is 7.42. The highest BCUT2D eigenvalue weighted by molar-refractivity contribution is 5.75. The third-order valence-corrected chi connectivity index (χ3v) is 5.20. The summed E-state index contributed by atoms with van der Waals surface area (Å²) in [5, 5.41) is 0. The van der Waals surface area contributed by atoms with Gasteiger partial charge in [0.25, 0.3) is 0 Å². The van der Waals surface area contributed by atoms with Gasteiger partial charge < -0.3 is 9.47 Å². The first kappa shape index (κ1) is 22.5. The summed E-state index contributed by atoms with van der Waals surface area (Å²) in [5.74, 6) is -0.0658. The molecular weight excluding hydrogens is 376 g/mol. The molecule has 7 heteroatoms. The van der Waals surface area contributed by atoms with Crippen molar-refractivity contribution < 1.29 is 31.8 Å². The van der Waals surface area contributed by atoms with Crippen molar-refractivity contribution in [1.82, 2.24) is 0 Å². The van der Waals surface area contributed by atoms with Crippen molar-refractivity contribution in [3.8, 4) is 11.5 Å². The number of unbranched alkanes of at least 4 members (excludes halogenated alkanes) is 3. The molecule has 0 heterocycles. The first-order chi connectivity index (χ1) is 13.3. The quantitative estimate of drug-likeness (QED) is 0.191. The minimum Gasteiger partial charge on any atom is -0.428 e. The van der Waals surface area contributed by atoms with Crippen LogP contribution in [0.1, 0.15) is 64.7 Å². The van der Waals surface area contributed by atoms with Crippen LogP contribution in [0.3, 0.4) is 0 Å². The van der Waals surface area contributed by atoms with Crippen molar-refractivity contribution in [2.24, 2.45) is 11.8 Å². The van der Waals surface area contributed by atoms with Crippen LogP contribution in [0.4, 0.5) is 17.6 Å². The number of ether oxygens (including phenoxy) is 2. The molecule has 3 nitrogen and oxygen atoms in total. The smallest absolute Gasteiger partial charge is 0.428 e. The minimum atomic E-state index is -4.56. The van der Waals surface area contributed by atoms with Gasteiger partial charge in [0.15, 0.2) is 0 Å². The fraction of sp³-hybridized carbons (Fsp3) is 0.667. The number of hydrogen-bond acceptors (Lipinski definition) is 3. The first-order valence-electron chi connectivity index (χ1n) is 9.98. The van der Waals surface area contributed by atoms with Gasteiger partial charge in [0.2, 0.25) is 0 Å². The van der Waals surface area contributed by atoms with Gasteiger partial charge in [-0.15, -0.1) is 0 Å². The molecule has 0 N–H and O–H groups in total. The van der Waals surface area contributed by atoms with Crippen molar-refractivity contribution in [3.05, 3.63) is 24.3 Å². The van der Waals surface area contributed by atoms with E-state index in [0.29, 0.717) is 5.92 Å². The molecule has 1 aromatic carbocycles. The van der Waals surface area contributed by atoms with Gasteiger partial charge >= 0.3 is 18.5 Å². The Hall–Kier alpha value is -1.79. The Bertz CT molecular complexity index is 596. The molecule has 0 aromatic heterocycles. The maximum Gasteiger partial charge on any atom is 0.461 e. The average molecular weight is 404 g/mol. The predicted octanol–water partition coefficient (Wildman–Crippen LogP) is 6.61. The van der Waals surface area contributed by atoms with Crippen molar-refractivity contribution in [1.29, 1.82) is 0 Å². The fourth-order valence-electron chi connectivity index (χ4n) is 3.52. The number of rotatable bonds is 10. The van der Waals surface area contributed by atoms with E-state index in [2.05, 4.69) is 11.7 Å². The van der Waals surface area contributed by atoms with Crippen LogP contribution in [0, 0.1) is 11.8 Å². The molecule has 1 aliphatic rings. The Kier molecular flexibility index (Phi) is 8.58. The Morgan fingerprint density at radius 2 is 1.64 bits per heavy atom. The lowest BCUT2D eigenvalue weighted by Crippen LogP contribution is -2.33. The molecule has 0 spiro atoms. The van der Waals surface area contributed by atoms with Crippen molar-refractivity contribution >= 4 is 5.97 Å². The number of esters is 1. The summed E-state index contributed by atoms with van der Waals surface area (Å²) in [4.78, 5) is 12.3. The lowest BCUT2D eigenvalue weighted by Gasteiger charge is -2.27. The molecule has 0 unspecified atom stereocenters. The lowest BCUT2D eigenvalue weighted by atomic mass is 9.80. The summed E-state index contributed by atoms with van der Waals surface area (Å²) < 4.78 is 59.3. The second-order valence-corrected chi connectivity index (χ2v) is 7.42. The lowest BCUT2D eigenvalue weighted by molar-refractivity contribution is -0.253. The van der Waals surface area contributed by atoms with Gasteiger partial charge in [-0.2, -0.15) is 17.6 Å². The van der Waals surface area contributed by atoms with Gasteiger partial charge in [-0.25, -0.2) is 0 Å². The van der Waals surface area contributed by atoms with Crippen LogP contribution in [0.2, 0.25) is 0 Å². The average Bonchev–Trinajstić information content (AvgIpc) is 2.67. The third kappa shape index (κ3) is 6.99. The highest BCUT2D eigenvalue weighted by Crippen LogP contribution is 2.33. The number of alkyl halides is 4. The zero-order valence-corrected chi connectivity index (χ0v) is 16.1. The van der Waals surface area contributed by atoms with Crippen LogP contribution in [-0.4, -0.2) is 18.5 Å². The Morgan fingerprint density at radius 1 is 1.04 bits per heavy atom. The van der Waals surface area contributed by atoms with Crippen molar-refractivity contribution in [2.75, 3.05) is 0 Å². The largest absolute Gasteiger partial charge is 0.461 e. The molecule has 0 atom stereocenters. The van der Waals surface area contributed by atoms with E-state index in [1.165, 1.54) is 44.2 Å². The van der Waals surface area contributed by atoms with Crippen molar-refractivity contribution in [2.45, 2.75) is 77.2 Å². The number of halogens is 4. The first-order valence-corrected chi connectivity index (χ1v) is 9.98. The van der Waals surface area contributed by atoms with E-state index in [1.807, 2.05) is 0 Å². The van der Waals surface area contributed by atoms with Crippen LogP contribution in [-0.2, 0) is 4.79 Å². The van der Waals surface area contributed by atoms with Gasteiger partial charge in [0, 0.05) is 0 Å². The maximum atomic E-state index is 12.9. The molecule has 28 heavy (non-hydrogen) atoms. The highest BCUT2D eigenvalue weighted by Gasteiger charge is 2.43. The van der Waals surface area contributed by atoms with Gasteiger partial charge in [0.1, 0.15) is 11.5 Å². The Morgan fingerprint density at radius 3 is 2.21 bits per heavy atom. The molecule has 0 aliphatic heterocycles. The molecule has 2 rings (SSSR count). The highest BCUT2D eigenvalue weighted by atomic mass is 19.3. The third-order valence-electron chi connectivity index (χ3n) is 5.20. The number of carbonyl (C=O) groups excluding carboxylic acids is 1. The van der Waals surface area contributed by atoms with E-state index in [1.54, 1.807) is 0 Å². The standard InChI is InChI=1S/C21H28F4O3/c1-2-3-4-5-6-15-7-9-16(10-8-15)19(26)27-17-11-13-18(14-12-17)28-21(24,25)20(22)23/h11-16,20H,2-10H2,1H3/t15-,16-. The predicted molar refractivity (Wildman–Crippen MR) is 97.9 cm³/mol. The Balaban J connectivity index is 1.76. The summed E-state index contributed by atoms with van der Waals surface area (Å²) >= 11 is 0. The molecule has 0 amide bonds. The van der Waals surface area contributed by atoms with E-state index in [0.717, 1.165) is 37.8 Å². The van der Waals surface area contributed by atoms with Crippen LogP contribution in [0.25, 0.3) is 0 Å². The van der Waals surface area contributed by atoms with E-state index in [9.17, 15) is 22.4 Å². The molecule has 1 saturated carbocycles. The van der Waals surface area contributed by atoms with Gasteiger partial charge in [-0.05, 0) is 55.9 Å². The number of benzene rings is 1. The van der Waals surface area contributed by atoms with Gasteiger partial charge in [0.05, 0.1) is 5.92 Å². The molecule has 158 valence electrons. The molecule has 0 radical (unpaired) electrons. The SMILES string of the molecule is CCCCCC[C@H]1CC[C@H](C(=O)Oc2ccc(OC(F)(F)C(F)F)cc2)CC1. The topological polar surface area (TPSA) is 35.5 Å². The maximum absolute atomic E-state index is 12.9. The van der Waals surface area contributed by atoms with Crippen LogP contribution < -0.4 is 9.47 Å². The zero-order valence-electron chi connectivity index (χ0n) is 16.1. The molecule has 1 aromatic rings. The van der Waals surface area contributed by atoms with Crippen molar-refractivity contribution in [3.63, 3.8) is 0 Å². The minimum absolute atomic E-state index is 0.161. The molecule has 1 aliphatic carbocycles. The van der Waals surface area contributed by atoms with Gasteiger partial charge in [-0.3, -0.25) is 4.79 Å². The van der Waals surface area contributed by atoms with E-state index >= 15 is 0 Å². The summed E-state index contributed by atoms with van der Waals surface area (Å²) in [6, 6.07) is 4.67. The molecule has 0 bridgehead atoms. The number of carbonyl (C=O) groups is 1. The summed E-state index contributed by atoms with van der Waals surface area (Å²) in [6.45, 7) is 2.19. The van der Waals surface area contributed by atoms with E-state index in [4.69, 9.17) is 4.74 Å². The van der Waals surface area contributed by atoms with E-state index < -0.39 is 18.3 Å². The fourth-order valence-corrected chi connectivity index (χ4v) is 3.52. The Labute approximate surface area is 163 Å². The van der Waals surface area contributed by atoms with Crippen LogP contribution in [0.5, 0.6) is 11.5 Å². The monoisotopic (exact) mass is 404 g/mol. The molecule has 0 saturated heterocycles. The second kappa shape index (κ2) is 10.7. The summed E-state index contributed by atoms with van der Waals surface area (Å²) in [5.41, 5.74) is 0. The van der Waals surface area contributed by atoms with Gasteiger partial charge in [-0.1, -0.05) is 39.0 Å². The number of hydrogen-bond donors (Lipinski definition) is 0. The summed E-state index contributed by atoms with van der Waals surface area (Å²) in [7, 11) is 0. The molecule has 1 fully saturated rings. The van der Waals surface area contributed by atoms with Crippen LogP contribution >= 0.6 is 0 Å². The normalized spacial score (nSPS) is 20.2. The van der Waals surface area contributed by atoms with Crippen LogP contribution in [0.15, 0.2) is 24.3 Å². The zero-order chi connectivity index (χ0) is 20.6.